The second-order valence-corrected chi connectivity index (χ2v) is 4.11. The van der Waals surface area contributed by atoms with E-state index in [1.165, 1.54) is 0 Å². The van der Waals surface area contributed by atoms with E-state index in [2.05, 4.69) is 10.3 Å². The minimum absolute atomic E-state index is 0.115. The van der Waals surface area contributed by atoms with Gasteiger partial charge in [0.15, 0.2) is 0 Å². The number of anilines is 1. The lowest BCUT2D eigenvalue weighted by Crippen LogP contribution is -2.11. The van der Waals surface area contributed by atoms with Crippen molar-refractivity contribution in [2.24, 2.45) is 0 Å². The fraction of sp³-hybridized carbons (Fsp3) is 0.143. The maximum atomic E-state index is 12.0. The number of nitrogens with one attached hydrogen (secondary N) is 1. The quantitative estimate of drug-likeness (QED) is 0.876. The molecule has 4 nitrogen and oxygen atoms in total. The van der Waals surface area contributed by atoms with Gasteiger partial charge in [-0.3, -0.25) is 9.78 Å². The predicted molar refractivity (Wildman–Crippen MR) is 67.8 cm³/mol. The summed E-state index contributed by atoms with van der Waals surface area (Å²) in [7, 11) is 0. The summed E-state index contributed by atoms with van der Waals surface area (Å²) in [5.74, 6) is 0.770. The molecule has 1 amide bonds. The maximum absolute atomic E-state index is 12.0. The maximum Gasteiger partial charge on any atom is 0.255 e. The van der Waals surface area contributed by atoms with E-state index in [0.717, 1.165) is 23.4 Å². The Morgan fingerprint density at radius 1 is 1.22 bits per heavy atom. The van der Waals surface area contributed by atoms with Crippen LogP contribution in [0.4, 0.5) is 5.69 Å². The summed E-state index contributed by atoms with van der Waals surface area (Å²) in [6, 6.07) is 9.03. The van der Waals surface area contributed by atoms with Crippen molar-refractivity contribution in [2.45, 2.75) is 6.42 Å². The van der Waals surface area contributed by atoms with Gasteiger partial charge in [0.1, 0.15) is 5.75 Å². The van der Waals surface area contributed by atoms with Gasteiger partial charge in [-0.2, -0.15) is 0 Å². The number of nitrogens with zero attached hydrogens (tertiary/aromatic N) is 1. The zero-order chi connectivity index (χ0) is 12.4. The molecule has 0 saturated carbocycles. The van der Waals surface area contributed by atoms with Crippen molar-refractivity contribution in [1.82, 2.24) is 4.98 Å². The van der Waals surface area contributed by atoms with Crippen LogP contribution in [0.25, 0.3) is 0 Å². The molecule has 0 saturated heterocycles. The highest BCUT2D eigenvalue weighted by Crippen LogP contribution is 2.26. The standard InChI is InChI=1S/C14H12N2O2/c17-14(16-12-3-6-15-7-4-12)11-1-2-13-10(9-11)5-8-18-13/h1-4,6-7,9H,5,8H2,(H,15,16,17). The molecule has 1 aliphatic rings. The van der Waals surface area contributed by atoms with Crippen molar-refractivity contribution >= 4 is 11.6 Å². The molecule has 1 aliphatic heterocycles. The van der Waals surface area contributed by atoms with Gasteiger partial charge in [-0.25, -0.2) is 0 Å². The largest absolute Gasteiger partial charge is 0.493 e. The number of fused-ring (bicyclic) bond motifs is 1. The van der Waals surface area contributed by atoms with E-state index in [0.29, 0.717) is 12.2 Å². The first-order chi connectivity index (χ1) is 8.83. The number of aromatic nitrogens is 1. The van der Waals surface area contributed by atoms with Crippen LogP contribution in [0.5, 0.6) is 5.75 Å². The molecule has 0 radical (unpaired) electrons. The van der Waals surface area contributed by atoms with E-state index in [4.69, 9.17) is 4.74 Å². The van der Waals surface area contributed by atoms with Crippen LogP contribution < -0.4 is 10.1 Å². The highest BCUT2D eigenvalue weighted by atomic mass is 16.5. The molecule has 90 valence electrons. The molecule has 4 heteroatoms. The number of ether oxygens (including phenoxy) is 1. The number of amides is 1. The summed E-state index contributed by atoms with van der Waals surface area (Å²) in [4.78, 5) is 15.9. The Balaban J connectivity index is 1.81. The second kappa shape index (κ2) is 4.49. The molecule has 3 rings (SSSR count). The van der Waals surface area contributed by atoms with Gasteiger partial charge in [-0.1, -0.05) is 0 Å². The summed E-state index contributed by atoms with van der Waals surface area (Å²) < 4.78 is 5.41. The molecule has 0 aliphatic carbocycles. The lowest BCUT2D eigenvalue weighted by Gasteiger charge is -2.06. The molecule has 1 aromatic heterocycles. The normalized spacial score (nSPS) is 12.7. The monoisotopic (exact) mass is 240 g/mol. The third kappa shape index (κ3) is 2.05. The van der Waals surface area contributed by atoms with Crippen LogP contribution in [0.15, 0.2) is 42.7 Å². The van der Waals surface area contributed by atoms with Gasteiger partial charge >= 0.3 is 0 Å². The van der Waals surface area contributed by atoms with Crippen LogP contribution in [-0.4, -0.2) is 17.5 Å². The van der Waals surface area contributed by atoms with Gasteiger partial charge in [-0.15, -0.1) is 0 Å². The molecule has 0 fully saturated rings. The van der Waals surface area contributed by atoms with Gasteiger partial charge < -0.3 is 10.1 Å². The summed E-state index contributed by atoms with van der Waals surface area (Å²) in [5, 5.41) is 2.83. The highest BCUT2D eigenvalue weighted by Gasteiger charge is 2.14. The van der Waals surface area contributed by atoms with Gasteiger partial charge in [0.2, 0.25) is 0 Å². The third-order valence-electron chi connectivity index (χ3n) is 2.89. The summed E-state index contributed by atoms with van der Waals surface area (Å²) in [5.41, 5.74) is 2.49. The Kier molecular flexibility index (Phi) is 2.68. The van der Waals surface area contributed by atoms with Crippen LogP contribution in [0, 0.1) is 0 Å². The van der Waals surface area contributed by atoms with E-state index in [-0.39, 0.29) is 5.91 Å². The summed E-state index contributed by atoms with van der Waals surface area (Å²) in [6.45, 7) is 0.699. The topological polar surface area (TPSA) is 51.2 Å². The molecule has 0 spiro atoms. The fourth-order valence-corrected chi connectivity index (χ4v) is 1.97. The van der Waals surface area contributed by atoms with Crippen molar-refractivity contribution in [3.8, 4) is 5.75 Å². The van der Waals surface area contributed by atoms with Crippen molar-refractivity contribution in [1.29, 1.82) is 0 Å². The Morgan fingerprint density at radius 2 is 2.06 bits per heavy atom. The smallest absolute Gasteiger partial charge is 0.255 e. The first-order valence-electron chi connectivity index (χ1n) is 5.80. The minimum atomic E-state index is -0.115. The lowest BCUT2D eigenvalue weighted by atomic mass is 10.1. The summed E-state index contributed by atoms with van der Waals surface area (Å²) in [6.07, 6.45) is 4.16. The van der Waals surface area contributed by atoms with Crippen molar-refractivity contribution in [3.63, 3.8) is 0 Å². The second-order valence-electron chi connectivity index (χ2n) is 4.11. The first kappa shape index (κ1) is 10.8. The molecule has 1 aromatic carbocycles. The third-order valence-corrected chi connectivity index (χ3v) is 2.89. The van der Waals surface area contributed by atoms with Crippen LogP contribution in [0.1, 0.15) is 15.9 Å². The van der Waals surface area contributed by atoms with Crippen LogP contribution in [-0.2, 0) is 6.42 Å². The Bertz CT molecular complexity index is 582. The first-order valence-corrected chi connectivity index (χ1v) is 5.80. The van der Waals surface area contributed by atoms with Gasteiger partial charge in [0.25, 0.3) is 5.91 Å². The molecule has 0 atom stereocenters. The molecule has 0 unspecified atom stereocenters. The SMILES string of the molecule is O=C(Nc1ccncc1)c1ccc2c(c1)CCO2. The molecule has 18 heavy (non-hydrogen) atoms. The number of carbonyl (C=O) groups excluding carboxylic acids is 1. The number of carbonyl (C=O) groups is 1. The van der Waals surface area contributed by atoms with Crippen LogP contribution in [0.3, 0.4) is 0 Å². The average molecular weight is 240 g/mol. The van der Waals surface area contributed by atoms with Crippen molar-refractivity contribution in [3.05, 3.63) is 53.9 Å². The highest BCUT2D eigenvalue weighted by molar-refractivity contribution is 6.04. The minimum Gasteiger partial charge on any atom is -0.493 e. The van der Waals surface area contributed by atoms with Gasteiger partial charge in [0.05, 0.1) is 6.61 Å². The van der Waals surface area contributed by atoms with Gasteiger partial charge in [-0.05, 0) is 35.9 Å². The number of benzene rings is 1. The van der Waals surface area contributed by atoms with E-state index < -0.39 is 0 Å². The molecular weight excluding hydrogens is 228 g/mol. The summed E-state index contributed by atoms with van der Waals surface area (Å²) >= 11 is 0. The predicted octanol–water partition coefficient (Wildman–Crippen LogP) is 2.27. The number of pyridine rings is 1. The molecule has 1 N–H and O–H groups in total. The fourth-order valence-electron chi connectivity index (χ4n) is 1.97. The average Bonchev–Trinajstić information content (AvgIpc) is 2.87. The van der Waals surface area contributed by atoms with E-state index >= 15 is 0 Å². The van der Waals surface area contributed by atoms with Gasteiger partial charge in [0, 0.05) is 30.1 Å². The lowest BCUT2D eigenvalue weighted by molar-refractivity contribution is 0.102. The molecule has 2 aromatic rings. The van der Waals surface area contributed by atoms with Crippen LogP contribution in [0.2, 0.25) is 0 Å². The van der Waals surface area contributed by atoms with E-state index in [1.807, 2.05) is 12.1 Å². The Morgan fingerprint density at radius 3 is 2.89 bits per heavy atom. The van der Waals surface area contributed by atoms with E-state index in [9.17, 15) is 4.79 Å². The zero-order valence-corrected chi connectivity index (χ0v) is 9.72. The van der Waals surface area contributed by atoms with Crippen LogP contribution >= 0.6 is 0 Å². The number of hydrogen-bond donors (Lipinski definition) is 1. The Labute approximate surface area is 105 Å². The van der Waals surface area contributed by atoms with E-state index in [1.54, 1.807) is 30.6 Å². The van der Waals surface area contributed by atoms with Crippen molar-refractivity contribution in [2.75, 3.05) is 11.9 Å². The number of hydrogen-bond acceptors (Lipinski definition) is 3. The molecule has 2 heterocycles. The molecular formula is C14H12N2O2. The Hall–Kier alpha value is -2.36. The molecule has 0 bridgehead atoms. The zero-order valence-electron chi connectivity index (χ0n) is 9.72. The number of rotatable bonds is 2. The van der Waals surface area contributed by atoms with Crippen molar-refractivity contribution < 1.29 is 9.53 Å².